The third kappa shape index (κ3) is 6.71. The van der Waals surface area contributed by atoms with E-state index in [9.17, 15) is 14.0 Å². The normalized spacial score (nSPS) is 13.4. The fourth-order valence-electron chi connectivity index (χ4n) is 3.19. The van der Waals surface area contributed by atoms with E-state index in [2.05, 4.69) is 17.0 Å². The maximum Gasteiger partial charge on any atom is 0.123 e. The number of nitrogens with zero attached hydrogens (tertiary/aromatic N) is 1. The van der Waals surface area contributed by atoms with Crippen LogP contribution in [0.3, 0.4) is 0 Å². The fourth-order valence-corrected chi connectivity index (χ4v) is 3.19. The summed E-state index contributed by atoms with van der Waals surface area (Å²) < 4.78 is 31.8. The van der Waals surface area contributed by atoms with Crippen LogP contribution in [0.4, 0.5) is 8.78 Å². The molecule has 0 saturated heterocycles. The quantitative estimate of drug-likeness (QED) is 0.547. The highest BCUT2D eigenvalue weighted by Crippen LogP contribution is 2.29. The molecule has 2 aromatic carbocycles. The summed E-state index contributed by atoms with van der Waals surface area (Å²) in [7, 11) is 3.60. The molecule has 0 aliphatic rings. The molecule has 0 spiro atoms. The van der Waals surface area contributed by atoms with Gasteiger partial charge in [0, 0.05) is 25.3 Å². The molecule has 0 bridgehead atoms. The molecule has 2 atom stereocenters. The molecule has 0 aliphatic carbocycles. The van der Waals surface area contributed by atoms with Gasteiger partial charge >= 0.3 is 0 Å². The van der Waals surface area contributed by atoms with Crippen molar-refractivity contribution in [2.75, 3.05) is 20.7 Å². The van der Waals surface area contributed by atoms with Crippen LogP contribution in [0, 0.1) is 17.6 Å². The second-order valence-electron chi connectivity index (χ2n) is 7.00. The topological polar surface area (TPSA) is 44.7 Å². The van der Waals surface area contributed by atoms with Gasteiger partial charge in [-0.05, 0) is 61.8 Å². The van der Waals surface area contributed by atoms with Crippen LogP contribution < -0.4 is 5.48 Å². The summed E-state index contributed by atoms with van der Waals surface area (Å²) >= 11 is 0. The zero-order chi connectivity index (χ0) is 20.5. The zero-order valence-electron chi connectivity index (χ0n) is 16.4. The van der Waals surface area contributed by atoms with Crippen molar-refractivity contribution >= 4 is 0 Å². The second-order valence-corrected chi connectivity index (χ2v) is 7.00. The first kappa shape index (κ1) is 22.0. The van der Waals surface area contributed by atoms with Crippen LogP contribution >= 0.6 is 0 Å². The molecule has 0 heterocycles. The molecule has 0 unspecified atom stereocenters. The number of hydroxylamine groups is 1. The lowest BCUT2D eigenvalue weighted by Gasteiger charge is -2.26. The molecule has 0 saturated carbocycles. The molecule has 0 radical (unpaired) electrons. The predicted octanol–water partition coefficient (Wildman–Crippen LogP) is 4.67. The highest BCUT2D eigenvalue weighted by atomic mass is 19.1. The van der Waals surface area contributed by atoms with Crippen molar-refractivity contribution in [2.24, 2.45) is 5.92 Å². The van der Waals surface area contributed by atoms with Gasteiger partial charge < -0.3 is 9.64 Å². The molecule has 2 N–H and O–H groups in total. The van der Waals surface area contributed by atoms with E-state index in [1.54, 1.807) is 31.4 Å². The van der Waals surface area contributed by atoms with E-state index in [1.165, 1.54) is 24.3 Å². The van der Waals surface area contributed by atoms with Gasteiger partial charge in [0.2, 0.25) is 0 Å². The summed E-state index contributed by atoms with van der Waals surface area (Å²) in [6.45, 7) is 5.35. The van der Waals surface area contributed by atoms with Gasteiger partial charge in [0.15, 0.2) is 0 Å². The average Bonchev–Trinajstić information content (AvgIpc) is 2.70. The SMILES string of the molecule is C=C(NO)[C@@H](CCN(C)Cc1ccc(F)cc1)C[C@@H](OC)c1ccc(F)cc1. The Morgan fingerprint density at radius 3 is 2.21 bits per heavy atom. The molecule has 2 aromatic rings. The summed E-state index contributed by atoms with van der Waals surface area (Å²) in [5.74, 6) is -0.585. The molecule has 0 aromatic heterocycles. The predicted molar refractivity (Wildman–Crippen MR) is 106 cm³/mol. The Balaban J connectivity index is 1.97. The van der Waals surface area contributed by atoms with Gasteiger partial charge in [0.05, 0.1) is 6.10 Å². The zero-order valence-corrected chi connectivity index (χ0v) is 16.4. The number of hydrogen-bond donors (Lipinski definition) is 2. The molecule has 6 heteroatoms. The Bertz CT molecular complexity index is 735. The Kier molecular flexibility index (Phi) is 8.57. The van der Waals surface area contributed by atoms with Crippen LogP contribution in [0.1, 0.15) is 30.1 Å². The monoisotopic (exact) mass is 390 g/mol. The molecule has 2 rings (SSSR count). The minimum atomic E-state index is -0.293. The molecular formula is C22H28F2N2O2. The standard InChI is InChI=1S/C22H28F2N2O2/c1-16(25-27)19(14-22(28-3)18-6-10-21(24)11-7-18)12-13-26(2)15-17-4-8-20(23)9-5-17/h4-11,19,22,25,27H,1,12-15H2,2-3H3/t19-,22+/m0/s1. The van der Waals surface area contributed by atoms with Crippen molar-refractivity contribution in [2.45, 2.75) is 25.5 Å². The Hall–Kier alpha value is -2.28. The van der Waals surface area contributed by atoms with Gasteiger partial charge in [0.25, 0.3) is 0 Å². The highest BCUT2D eigenvalue weighted by Gasteiger charge is 2.21. The van der Waals surface area contributed by atoms with Gasteiger partial charge in [-0.1, -0.05) is 30.8 Å². The van der Waals surface area contributed by atoms with Gasteiger partial charge in [-0.2, -0.15) is 0 Å². The minimum Gasteiger partial charge on any atom is -0.377 e. The molecule has 28 heavy (non-hydrogen) atoms. The minimum absolute atomic E-state index is 0.0457. The van der Waals surface area contributed by atoms with Crippen molar-refractivity contribution in [3.05, 3.63) is 83.6 Å². The lowest BCUT2D eigenvalue weighted by molar-refractivity contribution is 0.0755. The van der Waals surface area contributed by atoms with E-state index >= 15 is 0 Å². The molecule has 0 amide bonds. The van der Waals surface area contributed by atoms with E-state index in [-0.39, 0.29) is 23.7 Å². The second kappa shape index (κ2) is 10.9. The van der Waals surface area contributed by atoms with Crippen molar-refractivity contribution in [1.29, 1.82) is 0 Å². The third-order valence-corrected chi connectivity index (χ3v) is 4.89. The van der Waals surface area contributed by atoms with Crippen molar-refractivity contribution < 1.29 is 18.7 Å². The van der Waals surface area contributed by atoms with Gasteiger partial charge in [0.1, 0.15) is 11.6 Å². The highest BCUT2D eigenvalue weighted by molar-refractivity contribution is 5.19. The largest absolute Gasteiger partial charge is 0.377 e. The van der Waals surface area contributed by atoms with Gasteiger partial charge in [-0.3, -0.25) is 10.7 Å². The number of halogens is 2. The number of hydrogen-bond acceptors (Lipinski definition) is 4. The van der Waals surface area contributed by atoms with Crippen molar-refractivity contribution in [1.82, 2.24) is 10.4 Å². The smallest absolute Gasteiger partial charge is 0.123 e. The Morgan fingerprint density at radius 1 is 1.11 bits per heavy atom. The number of rotatable bonds is 11. The molecular weight excluding hydrogens is 362 g/mol. The van der Waals surface area contributed by atoms with Gasteiger partial charge in [-0.25, -0.2) is 8.78 Å². The lowest BCUT2D eigenvalue weighted by atomic mass is 9.91. The van der Waals surface area contributed by atoms with Crippen LogP contribution in [-0.4, -0.2) is 30.8 Å². The first-order chi connectivity index (χ1) is 13.4. The summed E-state index contributed by atoms with van der Waals surface area (Å²) in [4.78, 5) is 2.13. The Labute approximate surface area is 165 Å². The molecule has 4 nitrogen and oxygen atoms in total. The van der Waals surface area contributed by atoms with Crippen molar-refractivity contribution in [3.8, 4) is 0 Å². The van der Waals surface area contributed by atoms with Crippen LogP contribution in [0.2, 0.25) is 0 Å². The lowest BCUT2D eigenvalue weighted by Crippen LogP contribution is -2.25. The first-order valence-electron chi connectivity index (χ1n) is 9.23. The first-order valence-corrected chi connectivity index (χ1v) is 9.23. The molecule has 0 aliphatic heterocycles. The summed E-state index contributed by atoms with van der Waals surface area (Å²) in [6.07, 6.45) is 1.10. The number of allylic oxidation sites excluding steroid dienone is 1. The van der Waals surface area contributed by atoms with Crippen LogP contribution in [0.25, 0.3) is 0 Å². The summed E-state index contributed by atoms with van der Waals surface area (Å²) in [6, 6.07) is 12.7. The van der Waals surface area contributed by atoms with Crippen LogP contribution in [-0.2, 0) is 11.3 Å². The fraction of sp³-hybridized carbons (Fsp3) is 0.364. The van der Waals surface area contributed by atoms with Crippen LogP contribution in [0.5, 0.6) is 0 Å². The maximum atomic E-state index is 13.2. The van der Waals surface area contributed by atoms with Crippen LogP contribution in [0.15, 0.2) is 60.8 Å². The maximum absolute atomic E-state index is 13.2. The third-order valence-electron chi connectivity index (χ3n) is 4.89. The summed E-state index contributed by atoms with van der Waals surface area (Å²) in [5, 5.41) is 9.34. The summed E-state index contributed by atoms with van der Waals surface area (Å²) in [5.41, 5.74) is 4.58. The average molecular weight is 390 g/mol. The van der Waals surface area contributed by atoms with Gasteiger partial charge in [-0.15, -0.1) is 0 Å². The van der Waals surface area contributed by atoms with E-state index < -0.39 is 0 Å². The van der Waals surface area contributed by atoms with E-state index in [0.29, 0.717) is 18.7 Å². The number of ether oxygens (including phenoxy) is 1. The van der Waals surface area contributed by atoms with E-state index in [1.807, 2.05) is 7.05 Å². The Morgan fingerprint density at radius 2 is 1.68 bits per heavy atom. The molecule has 0 fully saturated rings. The number of nitrogens with one attached hydrogen (secondary N) is 1. The van der Waals surface area contributed by atoms with E-state index in [0.717, 1.165) is 24.1 Å². The van der Waals surface area contributed by atoms with E-state index in [4.69, 9.17) is 4.74 Å². The number of benzene rings is 2. The molecule has 152 valence electrons. The van der Waals surface area contributed by atoms with Crippen molar-refractivity contribution in [3.63, 3.8) is 0 Å². The number of methoxy groups -OCH3 is 1.